The molecule has 1 aliphatic carbocycles. The molecule has 1 fully saturated rings. The van der Waals surface area contributed by atoms with Crippen LogP contribution in [0.3, 0.4) is 0 Å². The molecule has 1 saturated carbocycles. The van der Waals surface area contributed by atoms with E-state index in [0.717, 1.165) is 35.4 Å². The van der Waals surface area contributed by atoms with Crippen LogP contribution < -0.4 is 5.43 Å². The lowest BCUT2D eigenvalue weighted by Gasteiger charge is -2.21. The molecule has 0 radical (unpaired) electrons. The highest BCUT2D eigenvalue weighted by molar-refractivity contribution is 6.30. The smallest absolute Gasteiger partial charge is 0.192 e. The molecule has 0 aliphatic heterocycles. The van der Waals surface area contributed by atoms with Gasteiger partial charge < -0.3 is 4.57 Å². The Morgan fingerprint density at radius 1 is 1.17 bits per heavy atom. The van der Waals surface area contributed by atoms with Crippen molar-refractivity contribution in [2.75, 3.05) is 0 Å². The van der Waals surface area contributed by atoms with Crippen LogP contribution in [0.2, 0.25) is 5.02 Å². The highest BCUT2D eigenvalue weighted by Crippen LogP contribution is 2.27. The molecule has 23 heavy (non-hydrogen) atoms. The molecule has 0 saturated heterocycles. The van der Waals surface area contributed by atoms with Gasteiger partial charge in [-0.3, -0.25) is 4.79 Å². The Kier molecular flexibility index (Phi) is 5.22. The predicted octanol–water partition coefficient (Wildman–Crippen LogP) is 5.22. The van der Waals surface area contributed by atoms with Gasteiger partial charge in [0.2, 0.25) is 0 Å². The zero-order chi connectivity index (χ0) is 16.2. The second kappa shape index (κ2) is 7.35. The number of aryl methyl sites for hydroxylation is 2. The van der Waals surface area contributed by atoms with E-state index in [4.69, 9.17) is 11.6 Å². The molecule has 0 spiro atoms. The molecule has 1 aromatic heterocycles. The van der Waals surface area contributed by atoms with Crippen LogP contribution >= 0.6 is 11.6 Å². The van der Waals surface area contributed by atoms with Gasteiger partial charge in [-0.1, -0.05) is 55.8 Å². The zero-order valence-electron chi connectivity index (χ0n) is 13.7. The van der Waals surface area contributed by atoms with E-state index in [2.05, 4.69) is 0 Å². The van der Waals surface area contributed by atoms with E-state index in [0.29, 0.717) is 5.02 Å². The SMILES string of the molecule is Cn1cc(CCC2CCCCC2)c(=O)c(-c2cccc(Cl)c2)c1. The lowest BCUT2D eigenvalue weighted by molar-refractivity contribution is 0.339. The topological polar surface area (TPSA) is 22.0 Å². The molecule has 1 aromatic carbocycles. The largest absolute Gasteiger partial charge is 0.356 e. The number of benzene rings is 1. The normalized spacial score (nSPS) is 15.7. The van der Waals surface area contributed by atoms with Gasteiger partial charge in [0, 0.05) is 35.6 Å². The van der Waals surface area contributed by atoms with Crippen LogP contribution in [0.15, 0.2) is 41.5 Å². The number of hydrogen-bond acceptors (Lipinski definition) is 1. The number of pyridine rings is 1. The minimum absolute atomic E-state index is 0.154. The van der Waals surface area contributed by atoms with Crippen LogP contribution in [0.25, 0.3) is 11.1 Å². The van der Waals surface area contributed by atoms with Gasteiger partial charge in [0.05, 0.1) is 0 Å². The van der Waals surface area contributed by atoms with Crippen molar-refractivity contribution in [2.45, 2.75) is 44.9 Å². The molecule has 1 aliphatic rings. The van der Waals surface area contributed by atoms with Crippen molar-refractivity contribution in [3.05, 3.63) is 57.5 Å². The average Bonchev–Trinajstić information content (AvgIpc) is 2.56. The fraction of sp³-hybridized carbons (Fsp3) is 0.450. The summed E-state index contributed by atoms with van der Waals surface area (Å²) in [7, 11) is 1.98. The monoisotopic (exact) mass is 329 g/mol. The van der Waals surface area contributed by atoms with Crippen LogP contribution in [0, 0.1) is 5.92 Å². The van der Waals surface area contributed by atoms with E-state index in [9.17, 15) is 4.79 Å². The van der Waals surface area contributed by atoms with Gasteiger partial charge in [-0.15, -0.1) is 0 Å². The summed E-state index contributed by atoms with van der Waals surface area (Å²) in [5, 5.41) is 0.664. The van der Waals surface area contributed by atoms with Crippen LogP contribution in [-0.4, -0.2) is 4.57 Å². The second-order valence-electron chi connectivity index (χ2n) is 6.74. The fourth-order valence-electron chi connectivity index (χ4n) is 3.65. The Labute approximate surface area is 143 Å². The number of rotatable bonds is 4. The fourth-order valence-corrected chi connectivity index (χ4v) is 3.84. The van der Waals surface area contributed by atoms with Crippen molar-refractivity contribution in [2.24, 2.45) is 13.0 Å². The van der Waals surface area contributed by atoms with Crippen molar-refractivity contribution in [1.82, 2.24) is 4.57 Å². The molecule has 3 rings (SSSR count). The van der Waals surface area contributed by atoms with Gasteiger partial charge >= 0.3 is 0 Å². The lowest BCUT2D eigenvalue weighted by atomic mass is 9.85. The Bertz CT molecular complexity index is 729. The molecule has 0 N–H and O–H groups in total. The minimum atomic E-state index is 0.154. The first-order valence-corrected chi connectivity index (χ1v) is 8.96. The van der Waals surface area contributed by atoms with Gasteiger partial charge in [0.1, 0.15) is 0 Å². The summed E-state index contributed by atoms with van der Waals surface area (Å²) >= 11 is 6.08. The maximum absolute atomic E-state index is 12.8. The number of nitrogens with zero attached hydrogens (tertiary/aromatic N) is 1. The third-order valence-electron chi connectivity index (χ3n) is 4.91. The minimum Gasteiger partial charge on any atom is -0.356 e. The summed E-state index contributed by atoms with van der Waals surface area (Å²) in [5.41, 5.74) is 2.73. The van der Waals surface area contributed by atoms with E-state index in [1.165, 1.54) is 32.1 Å². The number of aromatic nitrogens is 1. The molecule has 3 heteroatoms. The highest BCUT2D eigenvalue weighted by Gasteiger charge is 2.15. The summed E-state index contributed by atoms with van der Waals surface area (Å²) in [6.07, 6.45) is 12.6. The standard InChI is InChI=1S/C20H24ClNO/c1-22-13-17(11-10-15-6-3-2-4-7-15)20(23)19(14-22)16-8-5-9-18(21)12-16/h5,8-9,12-15H,2-4,6-7,10-11H2,1H3. The summed E-state index contributed by atoms with van der Waals surface area (Å²) in [4.78, 5) is 12.8. The molecular weight excluding hydrogens is 306 g/mol. The van der Waals surface area contributed by atoms with E-state index in [1.54, 1.807) is 0 Å². The molecular formula is C20H24ClNO. The van der Waals surface area contributed by atoms with Crippen LogP contribution in [0.1, 0.15) is 44.1 Å². The van der Waals surface area contributed by atoms with Gasteiger partial charge in [-0.2, -0.15) is 0 Å². The van der Waals surface area contributed by atoms with Crippen molar-refractivity contribution >= 4 is 11.6 Å². The van der Waals surface area contributed by atoms with Gasteiger partial charge in [-0.25, -0.2) is 0 Å². The van der Waals surface area contributed by atoms with Crippen molar-refractivity contribution in [1.29, 1.82) is 0 Å². The Morgan fingerprint density at radius 3 is 2.70 bits per heavy atom. The van der Waals surface area contributed by atoms with Gasteiger partial charge in [-0.05, 0) is 36.5 Å². The van der Waals surface area contributed by atoms with E-state index in [1.807, 2.05) is 48.3 Å². The second-order valence-corrected chi connectivity index (χ2v) is 7.18. The zero-order valence-corrected chi connectivity index (χ0v) is 14.5. The Hall–Kier alpha value is -1.54. The van der Waals surface area contributed by atoms with Gasteiger partial charge in [0.15, 0.2) is 5.43 Å². The quantitative estimate of drug-likeness (QED) is 0.753. The molecule has 0 bridgehead atoms. The first kappa shape index (κ1) is 16.3. The third-order valence-corrected chi connectivity index (χ3v) is 5.15. The molecule has 2 aromatic rings. The molecule has 0 amide bonds. The molecule has 0 unspecified atom stereocenters. The van der Waals surface area contributed by atoms with Gasteiger partial charge in [0.25, 0.3) is 0 Å². The van der Waals surface area contributed by atoms with E-state index >= 15 is 0 Å². The maximum Gasteiger partial charge on any atom is 0.192 e. The Balaban J connectivity index is 1.85. The molecule has 2 nitrogen and oxygen atoms in total. The van der Waals surface area contributed by atoms with E-state index < -0.39 is 0 Å². The number of hydrogen-bond donors (Lipinski definition) is 0. The maximum atomic E-state index is 12.8. The van der Waals surface area contributed by atoms with Crippen molar-refractivity contribution < 1.29 is 0 Å². The molecule has 0 atom stereocenters. The summed E-state index contributed by atoms with van der Waals surface area (Å²) in [6.45, 7) is 0. The summed E-state index contributed by atoms with van der Waals surface area (Å²) < 4.78 is 1.99. The van der Waals surface area contributed by atoms with Crippen LogP contribution in [0.4, 0.5) is 0 Å². The predicted molar refractivity (Wildman–Crippen MR) is 97.0 cm³/mol. The summed E-state index contributed by atoms with van der Waals surface area (Å²) in [6, 6.07) is 7.55. The third kappa shape index (κ3) is 4.06. The van der Waals surface area contributed by atoms with Crippen molar-refractivity contribution in [3.63, 3.8) is 0 Å². The number of halogens is 1. The first-order chi connectivity index (χ1) is 11.1. The van der Waals surface area contributed by atoms with Crippen LogP contribution in [0.5, 0.6) is 0 Å². The molecule has 1 heterocycles. The molecule has 122 valence electrons. The average molecular weight is 330 g/mol. The van der Waals surface area contributed by atoms with Crippen molar-refractivity contribution in [3.8, 4) is 11.1 Å². The highest BCUT2D eigenvalue weighted by atomic mass is 35.5. The Morgan fingerprint density at radius 2 is 1.96 bits per heavy atom. The lowest BCUT2D eigenvalue weighted by Crippen LogP contribution is -2.16. The van der Waals surface area contributed by atoms with E-state index in [-0.39, 0.29) is 5.43 Å². The summed E-state index contributed by atoms with van der Waals surface area (Å²) in [5.74, 6) is 0.795. The first-order valence-electron chi connectivity index (χ1n) is 8.58. The van der Waals surface area contributed by atoms with Crippen LogP contribution in [-0.2, 0) is 13.5 Å².